The van der Waals surface area contributed by atoms with E-state index in [1.54, 1.807) is 6.07 Å². The Morgan fingerprint density at radius 3 is 2.72 bits per heavy atom. The van der Waals surface area contributed by atoms with Crippen molar-refractivity contribution in [2.24, 2.45) is 0 Å². The molecule has 0 amide bonds. The highest BCUT2D eigenvalue weighted by molar-refractivity contribution is 9.10. The molecule has 18 heavy (non-hydrogen) atoms. The Bertz CT molecular complexity index is 601. The summed E-state index contributed by atoms with van der Waals surface area (Å²) >= 11 is 3.20. The fraction of sp³-hybridized carbons (Fsp3) is 0.0769. The van der Waals surface area contributed by atoms with Crippen molar-refractivity contribution in [3.05, 3.63) is 63.9 Å². The minimum atomic E-state index is -0.587. The van der Waals surface area contributed by atoms with Crippen LogP contribution in [0.5, 0.6) is 0 Å². The number of carbonyl (C=O) groups is 1. The van der Waals surface area contributed by atoms with Crippen LogP contribution in [0.4, 0.5) is 8.78 Å². The summed E-state index contributed by atoms with van der Waals surface area (Å²) in [6, 6.07) is 5.44. The van der Waals surface area contributed by atoms with Gasteiger partial charge in [0.05, 0.1) is 6.20 Å². The molecule has 0 atom stereocenters. The van der Waals surface area contributed by atoms with E-state index in [1.165, 1.54) is 18.3 Å². The third kappa shape index (κ3) is 2.98. The first-order valence-electron chi connectivity index (χ1n) is 5.14. The van der Waals surface area contributed by atoms with Crippen molar-refractivity contribution in [1.29, 1.82) is 0 Å². The first-order valence-corrected chi connectivity index (χ1v) is 5.93. The quantitative estimate of drug-likeness (QED) is 0.811. The summed E-state index contributed by atoms with van der Waals surface area (Å²) in [5, 5.41) is 0. The van der Waals surface area contributed by atoms with Gasteiger partial charge in [0.2, 0.25) is 0 Å². The molecule has 2 rings (SSSR count). The fourth-order valence-electron chi connectivity index (χ4n) is 1.52. The molecule has 0 N–H and O–H groups in total. The number of pyridine rings is 1. The van der Waals surface area contributed by atoms with E-state index in [1.807, 2.05) is 0 Å². The van der Waals surface area contributed by atoms with Crippen LogP contribution in [0.25, 0.3) is 0 Å². The number of hydrogen-bond acceptors (Lipinski definition) is 2. The van der Waals surface area contributed by atoms with Gasteiger partial charge in [-0.2, -0.15) is 0 Å². The molecular formula is C13H8BrF2NO. The van der Waals surface area contributed by atoms with Crippen LogP contribution in [0, 0.1) is 11.6 Å². The van der Waals surface area contributed by atoms with Crippen molar-refractivity contribution < 1.29 is 13.6 Å². The number of Topliss-reactive ketones (excluding diaryl/α,β-unsaturated/α-hetero) is 1. The molecule has 1 aromatic carbocycles. The molecule has 92 valence electrons. The van der Waals surface area contributed by atoms with Crippen molar-refractivity contribution in [2.75, 3.05) is 0 Å². The van der Waals surface area contributed by atoms with Crippen LogP contribution >= 0.6 is 15.9 Å². The molecule has 2 aromatic rings. The van der Waals surface area contributed by atoms with E-state index >= 15 is 0 Å². The maximum Gasteiger partial charge on any atom is 0.168 e. The van der Waals surface area contributed by atoms with Gasteiger partial charge in [0.1, 0.15) is 11.6 Å². The van der Waals surface area contributed by atoms with Gasteiger partial charge < -0.3 is 0 Å². The van der Waals surface area contributed by atoms with Gasteiger partial charge in [-0.3, -0.25) is 9.78 Å². The number of benzene rings is 1. The van der Waals surface area contributed by atoms with Crippen LogP contribution in [-0.2, 0) is 6.42 Å². The lowest BCUT2D eigenvalue weighted by Gasteiger charge is -2.03. The lowest BCUT2D eigenvalue weighted by Crippen LogP contribution is -2.06. The highest BCUT2D eigenvalue weighted by Crippen LogP contribution is 2.17. The molecule has 0 spiro atoms. The van der Waals surface area contributed by atoms with E-state index in [-0.39, 0.29) is 23.3 Å². The summed E-state index contributed by atoms with van der Waals surface area (Å²) in [7, 11) is 0. The minimum Gasteiger partial charge on any atom is -0.294 e. The average molecular weight is 312 g/mol. The summed E-state index contributed by atoms with van der Waals surface area (Å²) in [4.78, 5) is 15.4. The highest BCUT2D eigenvalue weighted by atomic mass is 79.9. The van der Waals surface area contributed by atoms with Crippen LogP contribution in [0.15, 0.2) is 41.1 Å². The monoisotopic (exact) mass is 311 g/mol. The summed E-state index contributed by atoms with van der Waals surface area (Å²) in [6.07, 6.45) is 2.15. The third-order valence-electron chi connectivity index (χ3n) is 2.39. The van der Waals surface area contributed by atoms with E-state index in [2.05, 4.69) is 20.9 Å². The molecule has 0 aliphatic carbocycles. The summed E-state index contributed by atoms with van der Waals surface area (Å²) in [5.74, 6) is -1.43. The van der Waals surface area contributed by atoms with E-state index in [4.69, 9.17) is 0 Å². The van der Waals surface area contributed by atoms with Crippen LogP contribution in [0.2, 0.25) is 0 Å². The van der Waals surface area contributed by atoms with Gasteiger partial charge in [-0.1, -0.05) is 15.9 Å². The summed E-state index contributed by atoms with van der Waals surface area (Å²) in [5.41, 5.74) is 0.396. The van der Waals surface area contributed by atoms with Gasteiger partial charge in [-0.15, -0.1) is 0 Å². The molecule has 1 heterocycles. The average Bonchev–Trinajstić information content (AvgIpc) is 2.34. The van der Waals surface area contributed by atoms with Crippen molar-refractivity contribution in [3.8, 4) is 0 Å². The zero-order chi connectivity index (χ0) is 13.1. The second-order valence-electron chi connectivity index (χ2n) is 3.73. The fourth-order valence-corrected chi connectivity index (χ4v) is 1.93. The summed E-state index contributed by atoms with van der Waals surface area (Å²) < 4.78 is 27.1. The second-order valence-corrected chi connectivity index (χ2v) is 4.64. The molecule has 1 aromatic heterocycles. The molecule has 0 fully saturated rings. The SMILES string of the molecule is O=C(Cc1cc(Br)ccc1F)c1cncc(F)c1. The van der Waals surface area contributed by atoms with E-state index in [0.717, 1.165) is 12.3 Å². The molecule has 0 bridgehead atoms. The van der Waals surface area contributed by atoms with Crippen LogP contribution < -0.4 is 0 Å². The molecular weight excluding hydrogens is 304 g/mol. The molecule has 0 saturated carbocycles. The lowest BCUT2D eigenvalue weighted by atomic mass is 10.0. The van der Waals surface area contributed by atoms with Crippen LogP contribution in [0.3, 0.4) is 0 Å². The lowest BCUT2D eigenvalue weighted by molar-refractivity contribution is 0.0991. The molecule has 0 aliphatic heterocycles. The van der Waals surface area contributed by atoms with Crippen LogP contribution in [0.1, 0.15) is 15.9 Å². The van der Waals surface area contributed by atoms with Gasteiger partial charge in [0.15, 0.2) is 5.78 Å². The van der Waals surface area contributed by atoms with E-state index < -0.39 is 11.6 Å². The molecule has 0 aliphatic rings. The standard InChI is InChI=1S/C13H8BrF2NO/c14-10-1-2-12(16)8(3-10)5-13(18)9-4-11(15)7-17-6-9/h1-4,6-7H,5H2. The first-order chi connectivity index (χ1) is 8.56. The second kappa shape index (κ2) is 5.35. The Morgan fingerprint density at radius 2 is 2.00 bits per heavy atom. The smallest absolute Gasteiger partial charge is 0.168 e. The summed E-state index contributed by atoms with van der Waals surface area (Å²) in [6.45, 7) is 0. The maximum atomic E-state index is 13.5. The number of carbonyl (C=O) groups excluding carboxylic acids is 1. The third-order valence-corrected chi connectivity index (χ3v) is 2.88. The molecule has 0 unspecified atom stereocenters. The number of rotatable bonds is 3. The van der Waals surface area contributed by atoms with Gasteiger partial charge >= 0.3 is 0 Å². The van der Waals surface area contributed by atoms with E-state index in [0.29, 0.717) is 4.47 Å². The maximum absolute atomic E-state index is 13.5. The number of aromatic nitrogens is 1. The zero-order valence-corrected chi connectivity index (χ0v) is 10.7. The Labute approximate surface area is 111 Å². The number of ketones is 1. The highest BCUT2D eigenvalue weighted by Gasteiger charge is 2.12. The van der Waals surface area contributed by atoms with Gasteiger partial charge in [0, 0.05) is 22.7 Å². The topological polar surface area (TPSA) is 30.0 Å². The van der Waals surface area contributed by atoms with E-state index in [9.17, 15) is 13.6 Å². The van der Waals surface area contributed by atoms with Gasteiger partial charge in [-0.05, 0) is 29.8 Å². The number of nitrogens with zero attached hydrogens (tertiary/aromatic N) is 1. The predicted octanol–water partition coefficient (Wildman–Crippen LogP) is 3.55. The molecule has 2 nitrogen and oxygen atoms in total. The normalized spacial score (nSPS) is 10.4. The number of halogens is 3. The Balaban J connectivity index is 2.24. The Kier molecular flexibility index (Phi) is 3.81. The van der Waals surface area contributed by atoms with Crippen molar-refractivity contribution in [2.45, 2.75) is 6.42 Å². The van der Waals surface area contributed by atoms with Crippen molar-refractivity contribution in [1.82, 2.24) is 4.98 Å². The number of hydrogen-bond donors (Lipinski definition) is 0. The Hall–Kier alpha value is -1.62. The van der Waals surface area contributed by atoms with Gasteiger partial charge in [0.25, 0.3) is 0 Å². The van der Waals surface area contributed by atoms with Gasteiger partial charge in [-0.25, -0.2) is 8.78 Å². The zero-order valence-electron chi connectivity index (χ0n) is 9.16. The largest absolute Gasteiger partial charge is 0.294 e. The first kappa shape index (κ1) is 12.8. The van der Waals surface area contributed by atoms with Crippen molar-refractivity contribution >= 4 is 21.7 Å². The molecule has 0 saturated heterocycles. The Morgan fingerprint density at radius 1 is 1.22 bits per heavy atom. The molecule has 0 radical (unpaired) electrons. The minimum absolute atomic E-state index is 0.129. The van der Waals surface area contributed by atoms with Crippen LogP contribution in [-0.4, -0.2) is 10.8 Å². The van der Waals surface area contributed by atoms with Crippen molar-refractivity contribution in [3.63, 3.8) is 0 Å². The predicted molar refractivity (Wildman–Crippen MR) is 66.3 cm³/mol. The molecule has 5 heteroatoms.